The van der Waals surface area contributed by atoms with E-state index >= 15 is 0 Å². The van der Waals surface area contributed by atoms with Crippen molar-refractivity contribution in [2.75, 3.05) is 25.4 Å². The van der Waals surface area contributed by atoms with E-state index in [1.807, 2.05) is 0 Å². The minimum atomic E-state index is 0.0605. The fraction of sp³-hybridized carbons (Fsp3) is 0.438. The maximum absolute atomic E-state index is 12.1. The Hall–Kier alpha value is -2.15. The van der Waals surface area contributed by atoms with Crippen molar-refractivity contribution in [1.29, 1.82) is 0 Å². The number of amides is 1. The summed E-state index contributed by atoms with van der Waals surface area (Å²) in [6.07, 6.45) is 8.07. The van der Waals surface area contributed by atoms with E-state index < -0.39 is 0 Å². The Kier molecular flexibility index (Phi) is 4.89. The van der Waals surface area contributed by atoms with Crippen LogP contribution in [-0.2, 0) is 4.79 Å². The minimum absolute atomic E-state index is 0.0605. The molecule has 0 aromatic heterocycles. The van der Waals surface area contributed by atoms with Gasteiger partial charge in [0.25, 0.3) is 0 Å². The van der Waals surface area contributed by atoms with E-state index in [-0.39, 0.29) is 5.91 Å². The zero-order valence-corrected chi connectivity index (χ0v) is 11.5. The normalized spacial score (nSPS) is 13.6. The molecule has 1 fully saturated rings. The standard InChI is InChI=1S/C16H20N2O2/c1-2-10-18(12-13-3-4-13)16(19)9-11-20-15-7-5-14(17)6-8-15/h1,5-8,13H,3-4,9-12,17H2. The molecule has 0 unspecified atom stereocenters. The number of hydrogen-bond acceptors (Lipinski definition) is 3. The Balaban J connectivity index is 1.75. The number of ether oxygens (including phenoxy) is 1. The van der Waals surface area contributed by atoms with Crippen LogP contribution >= 0.6 is 0 Å². The number of anilines is 1. The largest absolute Gasteiger partial charge is 0.493 e. The number of carbonyl (C=O) groups is 1. The predicted octanol–water partition coefficient (Wildman–Crippen LogP) is 1.91. The topological polar surface area (TPSA) is 55.6 Å². The van der Waals surface area contributed by atoms with E-state index in [2.05, 4.69) is 5.92 Å². The first-order valence-electron chi connectivity index (χ1n) is 6.88. The van der Waals surface area contributed by atoms with Gasteiger partial charge in [-0.2, -0.15) is 0 Å². The highest BCUT2D eigenvalue weighted by Crippen LogP contribution is 2.29. The van der Waals surface area contributed by atoms with Crippen LogP contribution in [0.25, 0.3) is 0 Å². The molecular weight excluding hydrogens is 252 g/mol. The summed E-state index contributed by atoms with van der Waals surface area (Å²) in [7, 11) is 0. The maximum Gasteiger partial charge on any atom is 0.226 e. The molecule has 1 amide bonds. The van der Waals surface area contributed by atoms with Crippen LogP contribution in [0.1, 0.15) is 19.3 Å². The molecule has 0 saturated heterocycles. The van der Waals surface area contributed by atoms with E-state index in [1.165, 1.54) is 12.8 Å². The zero-order valence-electron chi connectivity index (χ0n) is 11.5. The van der Waals surface area contributed by atoms with Gasteiger partial charge in [0.15, 0.2) is 0 Å². The molecule has 0 heterocycles. The van der Waals surface area contributed by atoms with Gasteiger partial charge in [0.05, 0.1) is 19.6 Å². The molecule has 4 heteroatoms. The molecule has 0 aliphatic heterocycles. The molecule has 0 radical (unpaired) electrons. The van der Waals surface area contributed by atoms with Gasteiger partial charge in [-0.05, 0) is 43.0 Å². The van der Waals surface area contributed by atoms with Crippen LogP contribution in [-0.4, -0.2) is 30.5 Å². The van der Waals surface area contributed by atoms with Crippen LogP contribution in [0.5, 0.6) is 5.75 Å². The van der Waals surface area contributed by atoms with Crippen molar-refractivity contribution < 1.29 is 9.53 Å². The third kappa shape index (κ3) is 4.51. The monoisotopic (exact) mass is 272 g/mol. The van der Waals surface area contributed by atoms with Crippen molar-refractivity contribution in [2.24, 2.45) is 5.92 Å². The minimum Gasteiger partial charge on any atom is -0.493 e. The van der Waals surface area contributed by atoms with Crippen molar-refractivity contribution in [2.45, 2.75) is 19.3 Å². The molecule has 2 N–H and O–H groups in total. The molecule has 2 rings (SSSR count). The lowest BCUT2D eigenvalue weighted by atomic mass is 10.3. The molecule has 20 heavy (non-hydrogen) atoms. The van der Waals surface area contributed by atoms with Crippen molar-refractivity contribution in [3.05, 3.63) is 24.3 Å². The number of nitrogens with zero attached hydrogens (tertiary/aromatic N) is 1. The predicted molar refractivity (Wildman–Crippen MR) is 79.1 cm³/mol. The summed E-state index contributed by atoms with van der Waals surface area (Å²) in [6.45, 7) is 1.52. The third-order valence-electron chi connectivity index (χ3n) is 3.28. The molecule has 1 aliphatic rings. The summed E-state index contributed by atoms with van der Waals surface area (Å²) in [5.41, 5.74) is 6.29. The van der Waals surface area contributed by atoms with E-state index in [4.69, 9.17) is 16.9 Å². The summed E-state index contributed by atoms with van der Waals surface area (Å²) in [5, 5.41) is 0. The molecule has 0 atom stereocenters. The highest BCUT2D eigenvalue weighted by atomic mass is 16.5. The SMILES string of the molecule is C#CCN(CC1CC1)C(=O)CCOc1ccc(N)cc1. The van der Waals surface area contributed by atoms with Crippen LogP contribution in [0.15, 0.2) is 24.3 Å². The summed E-state index contributed by atoms with van der Waals surface area (Å²) >= 11 is 0. The Morgan fingerprint density at radius 3 is 2.70 bits per heavy atom. The van der Waals surface area contributed by atoms with Gasteiger partial charge < -0.3 is 15.4 Å². The van der Waals surface area contributed by atoms with Gasteiger partial charge in [0.2, 0.25) is 5.91 Å². The van der Waals surface area contributed by atoms with Crippen molar-refractivity contribution in [3.8, 4) is 18.1 Å². The number of terminal acetylenes is 1. The quantitative estimate of drug-likeness (QED) is 0.609. The number of hydrogen-bond donors (Lipinski definition) is 1. The lowest BCUT2D eigenvalue weighted by Gasteiger charge is -2.20. The molecule has 0 bridgehead atoms. The second kappa shape index (κ2) is 6.85. The first-order valence-corrected chi connectivity index (χ1v) is 6.88. The van der Waals surface area contributed by atoms with Crippen LogP contribution in [0.4, 0.5) is 5.69 Å². The summed E-state index contributed by atoms with van der Waals surface area (Å²) in [4.78, 5) is 13.8. The zero-order chi connectivity index (χ0) is 14.4. The van der Waals surface area contributed by atoms with Gasteiger partial charge in [0.1, 0.15) is 5.75 Å². The fourth-order valence-corrected chi connectivity index (χ4v) is 1.96. The number of nitrogens with two attached hydrogens (primary N) is 1. The van der Waals surface area contributed by atoms with Crippen LogP contribution in [0, 0.1) is 18.3 Å². The van der Waals surface area contributed by atoms with Gasteiger partial charge in [0, 0.05) is 12.2 Å². The highest BCUT2D eigenvalue weighted by Gasteiger charge is 2.26. The molecule has 1 saturated carbocycles. The Bertz CT molecular complexity index is 486. The van der Waals surface area contributed by atoms with E-state index in [9.17, 15) is 4.79 Å². The smallest absolute Gasteiger partial charge is 0.226 e. The van der Waals surface area contributed by atoms with Crippen LogP contribution in [0.2, 0.25) is 0 Å². The molecule has 1 aromatic carbocycles. The van der Waals surface area contributed by atoms with E-state index in [0.717, 1.165) is 12.3 Å². The number of benzene rings is 1. The molecule has 106 valence electrons. The second-order valence-corrected chi connectivity index (χ2v) is 5.09. The Morgan fingerprint density at radius 2 is 2.10 bits per heavy atom. The highest BCUT2D eigenvalue weighted by molar-refractivity contribution is 5.76. The third-order valence-corrected chi connectivity index (χ3v) is 3.28. The maximum atomic E-state index is 12.1. The van der Waals surface area contributed by atoms with E-state index in [0.29, 0.717) is 31.2 Å². The van der Waals surface area contributed by atoms with E-state index in [1.54, 1.807) is 29.2 Å². The van der Waals surface area contributed by atoms with Crippen LogP contribution in [0.3, 0.4) is 0 Å². The number of rotatable bonds is 7. The lowest BCUT2D eigenvalue weighted by Crippen LogP contribution is -2.34. The first-order chi connectivity index (χ1) is 9.69. The summed E-state index contributed by atoms with van der Waals surface area (Å²) in [5.74, 6) is 3.97. The Labute approximate surface area is 119 Å². The molecule has 4 nitrogen and oxygen atoms in total. The first kappa shape index (κ1) is 14.3. The van der Waals surface area contributed by atoms with Gasteiger partial charge in [-0.25, -0.2) is 0 Å². The fourth-order valence-electron chi connectivity index (χ4n) is 1.96. The van der Waals surface area contributed by atoms with Crippen molar-refractivity contribution in [3.63, 3.8) is 0 Å². The van der Waals surface area contributed by atoms with Crippen molar-refractivity contribution >= 4 is 11.6 Å². The molecule has 0 spiro atoms. The van der Waals surface area contributed by atoms with Crippen molar-refractivity contribution in [1.82, 2.24) is 4.90 Å². The molecule has 1 aliphatic carbocycles. The second-order valence-electron chi connectivity index (χ2n) is 5.09. The van der Waals surface area contributed by atoms with Gasteiger partial charge >= 0.3 is 0 Å². The molecule has 1 aromatic rings. The average molecular weight is 272 g/mol. The van der Waals surface area contributed by atoms with Gasteiger partial charge in [-0.1, -0.05) is 5.92 Å². The number of carbonyl (C=O) groups excluding carboxylic acids is 1. The summed E-state index contributed by atoms with van der Waals surface area (Å²) < 4.78 is 5.53. The molecular formula is C16H20N2O2. The van der Waals surface area contributed by atoms with Gasteiger partial charge in [-0.15, -0.1) is 6.42 Å². The van der Waals surface area contributed by atoms with Gasteiger partial charge in [-0.3, -0.25) is 4.79 Å². The summed E-state index contributed by atoms with van der Waals surface area (Å²) in [6, 6.07) is 7.14. The average Bonchev–Trinajstić information content (AvgIpc) is 3.24. The number of nitrogen functional groups attached to an aromatic ring is 1. The lowest BCUT2D eigenvalue weighted by molar-refractivity contribution is -0.131. The Morgan fingerprint density at radius 1 is 1.40 bits per heavy atom. The van der Waals surface area contributed by atoms with Crippen LogP contribution < -0.4 is 10.5 Å².